The van der Waals surface area contributed by atoms with Crippen LogP contribution in [0.1, 0.15) is 33.5 Å². The third kappa shape index (κ3) is 3.92. The largest absolute Gasteiger partial charge is 0.368 e. The highest BCUT2D eigenvalue weighted by atomic mass is 19.1. The van der Waals surface area contributed by atoms with Crippen molar-refractivity contribution < 1.29 is 19.4 Å². The number of amides is 1. The van der Waals surface area contributed by atoms with Crippen molar-refractivity contribution in [1.29, 1.82) is 0 Å². The lowest BCUT2D eigenvalue weighted by atomic mass is 9.99. The first-order valence-corrected chi connectivity index (χ1v) is 8.68. The van der Waals surface area contributed by atoms with Crippen molar-refractivity contribution in [2.24, 2.45) is 12.8 Å². The molecule has 0 bridgehead atoms. The van der Waals surface area contributed by atoms with Gasteiger partial charge in [0.2, 0.25) is 0 Å². The van der Waals surface area contributed by atoms with E-state index in [9.17, 15) is 24.2 Å². The van der Waals surface area contributed by atoms with E-state index >= 15 is 0 Å². The zero-order chi connectivity index (χ0) is 20.4. The maximum absolute atomic E-state index is 13.1. The van der Waals surface area contributed by atoms with Gasteiger partial charge in [-0.15, -0.1) is 0 Å². The molecule has 0 aliphatic rings. The molecule has 0 aliphatic carbocycles. The van der Waals surface area contributed by atoms with Crippen LogP contribution in [0.15, 0.2) is 41.3 Å². The van der Waals surface area contributed by atoms with E-state index in [1.54, 1.807) is 24.4 Å². The summed E-state index contributed by atoms with van der Waals surface area (Å²) in [7, 11) is 1.52. The zero-order valence-electron chi connectivity index (χ0n) is 15.2. The van der Waals surface area contributed by atoms with E-state index in [0.717, 1.165) is 11.1 Å². The Balaban J connectivity index is 2.13. The van der Waals surface area contributed by atoms with Crippen molar-refractivity contribution in [3.63, 3.8) is 0 Å². The molecule has 0 aliphatic heterocycles. The molecule has 0 unspecified atom stereocenters. The van der Waals surface area contributed by atoms with Gasteiger partial charge in [-0.3, -0.25) is 14.6 Å². The van der Waals surface area contributed by atoms with Gasteiger partial charge in [-0.1, -0.05) is 12.1 Å². The van der Waals surface area contributed by atoms with Crippen LogP contribution in [0.5, 0.6) is 0 Å². The molecule has 7 nitrogen and oxygen atoms in total. The lowest BCUT2D eigenvalue weighted by molar-refractivity contribution is -0.0446. The summed E-state index contributed by atoms with van der Waals surface area (Å²) in [4.78, 5) is 28.9. The molecule has 0 saturated carbocycles. The monoisotopic (exact) mass is 385 g/mol. The number of aliphatic hydroxyl groups is 2. The number of hydrogen-bond acceptors (Lipinski definition) is 5. The standard InChI is InChI=1S/C20H20FN3O4/c1-24-15-9-12(8-11-2-4-13(21)5-3-11)10-23-18(15)14(6-7-16(25)26)17(19(22)27)20(24)28/h2-5,9-10,16,25-26H,6-8H2,1H3,(H2,22,27). The van der Waals surface area contributed by atoms with Crippen molar-refractivity contribution >= 4 is 16.9 Å². The van der Waals surface area contributed by atoms with Gasteiger partial charge in [0.15, 0.2) is 6.29 Å². The summed E-state index contributed by atoms with van der Waals surface area (Å²) < 4.78 is 14.4. The molecule has 1 aromatic carbocycles. The summed E-state index contributed by atoms with van der Waals surface area (Å²) in [6, 6.07) is 7.86. The molecule has 0 radical (unpaired) electrons. The van der Waals surface area contributed by atoms with Crippen molar-refractivity contribution in [3.8, 4) is 0 Å². The summed E-state index contributed by atoms with van der Waals surface area (Å²) in [5.41, 5.74) is 7.50. The van der Waals surface area contributed by atoms with E-state index < -0.39 is 17.8 Å². The van der Waals surface area contributed by atoms with E-state index in [2.05, 4.69) is 4.98 Å². The number of carbonyl (C=O) groups is 1. The van der Waals surface area contributed by atoms with E-state index in [1.807, 2.05) is 0 Å². The molecule has 3 rings (SSSR count). The summed E-state index contributed by atoms with van der Waals surface area (Å²) in [5.74, 6) is -1.21. The number of aromatic nitrogens is 2. The second-order valence-corrected chi connectivity index (χ2v) is 6.62. The van der Waals surface area contributed by atoms with Crippen LogP contribution in [-0.4, -0.2) is 32.0 Å². The van der Waals surface area contributed by atoms with Gasteiger partial charge < -0.3 is 20.5 Å². The Kier molecular flexibility index (Phi) is 5.53. The molecule has 2 aromatic heterocycles. The molecule has 1 amide bonds. The Hall–Kier alpha value is -3.10. The van der Waals surface area contributed by atoms with Crippen molar-refractivity contribution in [3.05, 3.63) is 75.0 Å². The summed E-state index contributed by atoms with van der Waals surface area (Å²) >= 11 is 0. The molecule has 2 heterocycles. The first-order chi connectivity index (χ1) is 13.3. The third-order valence-corrected chi connectivity index (χ3v) is 4.61. The van der Waals surface area contributed by atoms with E-state index in [4.69, 9.17) is 5.73 Å². The number of hydrogen-bond donors (Lipinski definition) is 3. The molecule has 0 fully saturated rings. The first kappa shape index (κ1) is 19.7. The minimum Gasteiger partial charge on any atom is -0.368 e. The fraction of sp³-hybridized carbons (Fsp3) is 0.250. The minimum atomic E-state index is -1.59. The highest BCUT2D eigenvalue weighted by Crippen LogP contribution is 2.22. The molecule has 4 N–H and O–H groups in total. The second kappa shape index (κ2) is 7.87. The van der Waals surface area contributed by atoms with Crippen LogP contribution < -0.4 is 11.3 Å². The Morgan fingerprint density at radius 2 is 1.93 bits per heavy atom. The van der Waals surface area contributed by atoms with Gasteiger partial charge in [-0.2, -0.15) is 0 Å². The Morgan fingerprint density at radius 1 is 1.25 bits per heavy atom. The SMILES string of the molecule is Cn1c(=O)c(C(N)=O)c(CCC(O)O)c2ncc(Cc3ccc(F)cc3)cc21. The van der Waals surface area contributed by atoms with Crippen molar-refractivity contribution in [2.45, 2.75) is 25.6 Å². The molecular weight excluding hydrogens is 365 g/mol. The molecule has 146 valence electrons. The van der Waals surface area contributed by atoms with Crippen LogP contribution in [0.25, 0.3) is 11.0 Å². The normalized spacial score (nSPS) is 11.3. The number of rotatable bonds is 6. The lowest BCUT2D eigenvalue weighted by Crippen LogP contribution is -2.31. The number of aryl methyl sites for hydroxylation is 2. The van der Waals surface area contributed by atoms with E-state index in [1.165, 1.54) is 23.7 Å². The van der Waals surface area contributed by atoms with Crippen molar-refractivity contribution in [2.75, 3.05) is 0 Å². The van der Waals surface area contributed by atoms with Gasteiger partial charge in [-0.05, 0) is 47.7 Å². The molecule has 0 spiro atoms. The predicted octanol–water partition coefficient (Wildman–Crippen LogP) is 1.01. The van der Waals surface area contributed by atoms with Crippen LogP contribution in [0.2, 0.25) is 0 Å². The van der Waals surface area contributed by atoms with Crippen LogP contribution in [0.3, 0.4) is 0 Å². The minimum absolute atomic E-state index is 0.0623. The van der Waals surface area contributed by atoms with E-state index in [0.29, 0.717) is 23.0 Å². The van der Waals surface area contributed by atoms with Gasteiger partial charge in [0.1, 0.15) is 11.4 Å². The summed E-state index contributed by atoms with van der Waals surface area (Å²) in [5, 5.41) is 18.4. The fourth-order valence-corrected chi connectivity index (χ4v) is 3.21. The molecule has 8 heteroatoms. The van der Waals surface area contributed by atoms with Gasteiger partial charge in [0.25, 0.3) is 11.5 Å². The van der Waals surface area contributed by atoms with Crippen LogP contribution in [0, 0.1) is 5.82 Å². The molecule has 0 atom stereocenters. The topological polar surface area (TPSA) is 118 Å². The highest BCUT2D eigenvalue weighted by Gasteiger charge is 2.21. The maximum Gasteiger partial charge on any atom is 0.264 e. The molecular formula is C20H20FN3O4. The highest BCUT2D eigenvalue weighted by molar-refractivity contribution is 5.98. The summed E-state index contributed by atoms with van der Waals surface area (Å²) in [6.45, 7) is 0. The van der Waals surface area contributed by atoms with Gasteiger partial charge in [-0.25, -0.2) is 4.39 Å². The summed E-state index contributed by atoms with van der Waals surface area (Å²) in [6.07, 6.45) is 0.506. The first-order valence-electron chi connectivity index (χ1n) is 8.68. The number of aliphatic hydroxyl groups excluding tert-OH is 1. The van der Waals surface area contributed by atoms with Gasteiger partial charge in [0, 0.05) is 19.7 Å². The quantitative estimate of drug-likeness (QED) is 0.547. The smallest absolute Gasteiger partial charge is 0.264 e. The fourth-order valence-electron chi connectivity index (χ4n) is 3.21. The predicted molar refractivity (Wildman–Crippen MR) is 101 cm³/mol. The van der Waals surface area contributed by atoms with Crippen LogP contribution in [0.4, 0.5) is 4.39 Å². The average molecular weight is 385 g/mol. The number of benzene rings is 1. The number of nitrogens with two attached hydrogens (primary N) is 1. The molecule has 0 saturated heterocycles. The molecule has 3 aromatic rings. The number of nitrogens with zero attached hydrogens (tertiary/aromatic N) is 2. The van der Waals surface area contributed by atoms with Crippen molar-refractivity contribution in [1.82, 2.24) is 9.55 Å². The number of fused-ring (bicyclic) bond motifs is 1. The Morgan fingerprint density at radius 3 is 2.54 bits per heavy atom. The number of pyridine rings is 2. The van der Waals surface area contributed by atoms with Crippen LogP contribution in [-0.2, 0) is 19.9 Å². The number of primary amides is 1. The van der Waals surface area contributed by atoms with Crippen LogP contribution >= 0.6 is 0 Å². The number of halogens is 1. The Bertz CT molecular complexity index is 1090. The number of carbonyl (C=O) groups excluding carboxylic acids is 1. The molecule has 28 heavy (non-hydrogen) atoms. The van der Waals surface area contributed by atoms with E-state index in [-0.39, 0.29) is 24.2 Å². The lowest BCUT2D eigenvalue weighted by Gasteiger charge is -2.15. The second-order valence-electron chi connectivity index (χ2n) is 6.62. The van der Waals surface area contributed by atoms with Gasteiger partial charge >= 0.3 is 0 Å². The third-order valence-electron chi connectivity index (χ3n) is 4.61. The Labute approximate surface area is 159 Å². The van der Waals surface area contributed by atoms with Gasteiger partial charge in [0.05, 0.1) is 11.0 Å². The maximum atomic E-state index is 13.1. The zero-order valence-corrected chi connectivity index (χ0v) is 15.2. The average Bonchev–Trinajstić information content (AvgIpc) is 2.65.